The largest absolute Gasteiger partial charge is 0.492 e. The number of benzene rings is 2. The number of anilines is 1. The molecule has 0 saturated heterocycles. The first-order chi connectivity index (χ1) is 14.1. The van der Waals surface area contributed by atoms with Gasteiger partial charge in [-0.2, -0.15) is 0 Å². The Kier molecular flexibility index (Phi) is 7.26. The van der Waals surface area contributed by atoms with Crippen LogP contribution in [0.4, 0.5) is 10.1 Å². The molecule has 2 N–H and O–H groups in total. The predicted octanol–water partition coefficient (Wildman–Crippen LogP) is 3.69. The number of imidazole rings is 1. The summed E-state index contributed by atoms with van der Waals surface area (Å²) in [6.07, 6.45) is 1.58. The molecule has 29 heavy (non-hydrogen) atoms. The van der Waals surface area contributed by atoms with E-state index >= 15 is 0 Å². The van der Waals surface area contributed by atoms with Crippen molar-refractivity contribution >= 4 is 23.4 Å². The van der Waals surface area contributed by atoms with Gasteiger partial charge in [0.1, 0.15) is 11.6 Å². The van der Waals surface area contributed by atoms with Crippen LogP contribution in [0, 0.1) is 5.82 Å². The van der Waals surface area contributed by atoms with Gasteiger partial charge in [0.05, 0.1) is 36.5 Å². The second-order valence-electron chi connectivity index (χ2n) is 6.17. The zero-order valence-corrected chi connectivity index (χ0v) is 16.8. The standard InChI is InChI=1S/C21H22FN3O3S/c1-2-28-19-6-4-3-5-18(19)24-20(27)14-29-21-23-11-17(13-26)25(21)12-15-7-9-16(22)10-8-15/h3-11,26H,2,12-14H2,1H3,(H,24,27). The molecule has 1 heterocycles. The Morgan fingerprint density at radius 1 is 1.24 bits per heavy atom. The fourth-order valence-corrected chi connectivity index (χ4v) is 3.54. The third-order valence-electron chi connectivity index (χ3n) is 4.11. The number of aromatic nitrogens is 2. The zero-order valence-electron chi connectivity index (χ0n) is 16.0. The third kappa shape index (κ3) is 5.58. The summed E-state index contributed by atoms with van der Waals surface area (Å²) in [5.74, 6) is 0.268. The van der Waals surface area contributed by atoms with Crippen LogP contribution >= 0.6 is 11.8 Å². The molecule has 3 aromatic rings. The number of nitrogens with zero attached hydrogens (tertiary/aromatic N) is 2. The van der Waals surface area contributed by atoms with Crippen LogP contribution in [0.15, 0.2) is 59.9 Å². The molecule has 0 fully saturated rings. The Hall–Kier alpha value is -2.84. The molecule has 8 heteroatoms. The van der Waals surface area contributed by atoms with Crippen LogP contribution in [-0.2, 0) is 17.9 Å². The van der Waals surface area contributed by atoms with E-state index in [2.05, 4.69) is 10.3 Å². The number of para-hydroxylation sites is 2. The Bertz CT molecular complexity index is 960. The van der Waals surface area contributed by atoms with Crippen molar-refractivity contribution in [2.75, 3.05) is 17.7 Å². The maximum atomic E-state index is 13.1. The fraction of sp³-hybridized carbons (Fsp3) is 0.238. The molecule has 0 atom stereocenters. The normalized spacial score (nSPS) is 10.7. The highest BCUT2D eigenvalue weighted by atomic mass is 32.2. The van der Waals surface area contributed by atoms with Crippen LogP contribution in [0.5, 0.6) is 5.75 Å². The molecule has 1 amide bonds. The lowest BCUT2D eigenvalue weighted by Crippen LogP contribution is -2.16. The maximum absolute atomic E-state index is 13.1. The third-order valence-corrected chi connectivity index (χ3v) is 5.10. The van der Waals surface area contributed by atoms with Crippen molar-refractivity contribution in [1.82, 2.24) is 9.55 Å². The van der Waals surface area contributed by atoms with Crippen LogP contribution in [0.2, 0.25) is 0 Å². The number of aliphatic hydroxyl groups is 1. The molecular formula is C21H22FN3O3S. The second-order valence-corrected chi connectivity index (χ2v) is 7.11. The van der Waals surface area contributed by atoms with E-state index in [1.807, 2.05) is 23.6 Å². The molecule has 6 nitrogen and oxygen atoms in total. The molecule has 0 bridgehead atoms. The van der Waals surface area contributed by atoms with E-state index < -0.39 is 0 Å². The molecule has 0 spiro atoms. The molecule has 152 valence electrons. The Labute approximate surface area is 172 Å². The number of rotatable bonds is 9. The quantitative estimate of drug-likeness (QED) is 0.521. The van der Waals surface area contributed by atoms with Gasteiger partial charge in [0, 0.05) is 6.54 Å². The van der Waals surface area contributed by atoms with Crippen molar-refractivity contribution in [2.45, 2.75) is 25.2 Å². The summed E-state index contributed by atoms with van der Waals surface area (Å²) >= 11 is 1.27. The van der Waals surface area contributed by atoms with E-state index in [0.717, 1.165) is 5.56 Å². The van der Waals surface area contributed by atoms with Crippen molar-refractivity contribution in [3.8, 4) is 5.75 Å². The lowest BCUT2D eigenvalue weighted by Gasteiger charge is -2.12. The summed E-state index contributed by atoms with van der Waals surface area (Å²) in [5.41, 5.74) is 2.11. The molecule has 1 aromatic heterocycles. The summed E-state index contributed by atoms with van der Waals surface area (Å²) in [4.78, 5) is 16.7. The van der Waals surface area contributed by atoms with Gasteiger partial charge in [-0.15, -0.1) is 0 Å². The van der Waals surface area contributed by atoms with Gasteiger partial charge in [0.2, 0.25) is 5.91 Å². The van der Waals surface area contributed by atoms with E-state index in [1.165, 1.54) is 23.9 Å². The number of amides is 1. The van der Waals surface area contributed by atoms with Gasteiger partial charge in [-0.05, 0) is 36.8 Å². The van der Waals surface area contributed by atoms with E-state index in [-0.39, 0.29) is 24.1 Å². The number of aliphatic hydroxyl groups excluding tert-OH is 1. The minimum absolute atomic E-state index is 0.145. The van der Waals surface area contributed by atoms with Crippen LogP contribution in [0.1, 0.15) is 18.2 Å². The van der Waals surface area contributed by atoms with Crippen LogP contribution < -0.4 is 10.1 Å². The van der Waals surface area contributed by atoms with E-state index in [0.29, 0.717) is 35.4 Å². The van der Waals surface area contributed by atoms with Crippen molar-refractivity contribution < 1.29 is 19.0 Å². The Morgan fingerprint density at radius 2 is 2.00 bits per heavy atom. The number of carbonyl (C=O) groups excluding carboxylic acids is 1. The van der Waals surface area contributed by atoms with E-state index in [9.17, 15) is 14.3 Å². The highest BCUT2D eigenvalue weighted by molar-refractivity contribution is 7.99. The average molecular weight is 415 g/mol. The number of hydrogen-bond donors (Lipinski definition) is 2. The fourth-order valence-electron chi connectivity index (χ4n) is 2.74. The summed E-state index contributed by atoms with van der Waals surface area (Å²) < 4.78 is 20.5. The highest BCUT2D eigenvalue weighted by Gasteiger charge is 2.14. The summed E-state index contributed by atoms with van der Waals surface area (Å²) in [6, 6.07) is 13.4. The predicted molar refractivity (Wildman–Crippen MR) is 111 cm³/mol. The average Bonchev–Trinajstić information content (AvgIpc) is 3.11. The van der Waals surface area contributed by atoms with Gasteiger partial charge >= 0.3 is 0 Å². The lowest BCUT2D eigenvalue weighted by molar-refractivity contribution is -0.113. The van der Waals surface area contributed by atoms with Gasteiger partial charge < -0.3 is 19.7 Å². The topological polar surface area (TPSA) is 76.4 Å². The van der Waals surface area contributed by atoms with Crippen LogP contribution in [-0.4, -0.2) is 32.9 Å². The van der Waals surface area contributed by atoms with Crippen LogP contribution in [0.3, 0.4) is 0 Å². The number of halogens is 1. The number of nitrogens with one attached hydrogen (secondary N) is 1. The highest BCUT2D eigenvalue weighted by Crippen LogP contribution is 2.25. The van der Waals surface area contributed by atoms with Gasteiger partial charge in [-0.1, -0.05) is 36.0 Å². The molecule has 2 aromatic carbocycles. The monoisotopic (exact) mass is 415 g/mol. The molecule has 0 aliphatic carbocycles. The SMILES string of the molecule is CCOc1ccccc1NC(=O)CSc1ncc(CO)n1Cc1ccc(F)cc1. The minimum Gasteiger partial charge on any atom is -0.492 e. The van der Waals surface area contributed by atoms with Gasteiger partial charge in [0.15, 0.2) is 5.16 Å². The van der Waals surface area contributed by atoms with Crippen molar-refractivity contribution in [2.24, 2.45) is 0 Å². The molecule has 0 radical (unpaired) electrons. The van der Waals surface area contributed by atoms with Gasteiger partial charge in [-0.25, -0.2) is 9.37 Å². The first-order valence-corrected chi connectivity index (χ1v) is 10.1. The number of hydrogen-bond acceptors (Lipinski definition) is 5. The lowest BCUT2D eigenvalue weighted by atomic mass is 10.2. The van der Waals surface area contributed by atoms with Crippen molar-refractivity contribution in [3.05, 3.63) is 71.8 Å². The van der Waals surface area contributed by atoms with Gasteiger partial charge in [-0.3, -0.25) is 4.79 Å². The zero-order chi connectivity index (χ0) is 20.6. The first-order valence-electron chi connectivity index (χ1n) is 9.15. The summed E-state index contributed by atoms with van der Waals surface area (Å²) in [6.45, 7) is 2.64. The van der Waals surface area contributed by atoms with Gasteiger partial charge in [0.25, 0.3) is 0 Å². The summed E-state index contributed by atoms with van der Waals surface area (Å²) in [5, 5.41) is 13.0. The van der Waals surface area contributed by atoms with E-state index in [1.54, 1.807) is 30.5 Å². The number of carbonyl (C=O) groups is 1. The van der Waals surface area contributed by atoms with Crippen molar-refractivity contribution in [3.63, 3.8) is 0 Å². The van der Waals surface area contributed by atoms with E-state index in [4.69, 9.17) is 4.74 Å². The molecule has 0 aliphatic heterocycles. The second kappa shape index (κ2) is 10.1. The Morgan fingerprint density at radius 3 is 2.72 bits per heavy atom. The maximum Gasteiger partial charge on any atom is 0.234 e. The molecule has 0 unspecified atom stereocenters. The smallest absolute Gasteiger partial charge is 0.234 e. The minimum atomic E-state index is -0.305. The number of ether oxygens (including phenoxy) is 1. The molecular weight excluding hydrogens is 393 g/mol. The summed E-state index contributed by atoms with van der Waals surface area (Å²) in [7, 11) is 0. The number of thioether (sulfide) groups is 1. The van der Waals surface area contributed by atoms with Crippen LogP contribution in [0.25, 0.3) is 0 Å². The molecule has 0 saturated carbocycles. The first kappa shape index (κ1) is 20.9. The molecule has 3 rings (SSSR count). The molecule has 0 aliphatic rings. The van der Waals surface area contributed by atoms with Crippen molar-refractivity contribution in [1.29, 1.82) is 0 Å². The Balaban J connectivity index is 1.67.